The fourth-order valence-corrected chi connectivity index (χ4v) is 2.22. The van der Waals surface area contributed by atoms with E-state index in [1.165, 1.54) is 24.4 Å². The number of benzene rings is 2. The lowest BCUT2D eigenvalue weighted by Crippen LogP contribution is -2.04. The summed E-state index contributed by atoms with van der Waals surface area (Å²) in [4.78, 5) is 0. The number of halogens is 2. The van der Waals surface area contributed by atoms with Crippen molar-refractivity contribution in [2.24, 2.45) is 0 Å². The summed E-state index contributed by atoms with van der Waals surface area (Å²) in [6.07, 6.45) is 1.48. The number of aromatic nitrogens is 2. The predicted molar refractivity (Wildman–Crippen MR) is 86.8 cm³/mol. The van der Waals surface area contributed by atoms with Crippen LogP contribution in [0.3, 0.4) is 0 Å². The number of aliphatic hydroxyl groups excluding tert-OH is 1. The van der Waals surface area contributed by atoms with Crippen LogP contribution in [0.1, 0.15) is 5.69 Å². The van der Waals surface area contributed by atoms with Crippen molar-refractivity contribution in [2.75, 3.05) is 13.2 Å². The molecule has 7 heteroatoms. The highest BCUT2D eigenvalue weighted by atomic mass is 19.1. The summed E-state index contributed by atoms with van der Waals surface area (Å²) >= 11 is 0. The van der Waals surface area contributed by atoms with E-state index in [2.05, 4.69) is 5.10 Å². The Kier molecular flexibility index (Phi) is 5.25. The average Bonchev–Trinajstić information content (AvgIpc) is 3.07. The fourth-order valence-electron chi connectivity index (χ4n) is 2.22. The summed E-state index contributed by atoms with van der Waals surface area (Å²) in [5.41, 5.74) is 0.308. The number of hydrogen-bond donors (Lipinski definition) is 1. The van der Waals surface area contributed by atoms with Crippen LogP contribution in [-0.2, 0) is 6.61 Å². The van der Waals surface area contributed by atoms with Crippen molar-refractivity contribution >= 4 is 0 Å². The number of para-hydroxylation sites is 1. The van der Waals surface area contributed by atoms with Gasteiger partial charge in [0.15, 0.2) is 11.6 Å². The van der Waals surface area contributed by atoms with Crippen LogP contribution in [-0.4, -0.2) is 28.1 Å². The molecule has 0 bridgehead atoms. The summed E-state index contributed by atoms with van der Waals surface area (Å²) in [7, 11) is 0. The average molecular weight is 346 g/mol. The molecule has 0 aliphatic rings. The van der Waals surface area contributed by atoms with Crippen LogP contribution >= 0.6 is 0 Å². The lowest BCUT2D eigenvalue weighted by Gasteiger charge is -2.07. The minimum Gasteiger partial charge on any atom is -0.491 e. The van der Waals surface area contributed by atoms with Gasteiger partial charge in [0.1, 0.15) is 36.1 Å². The maximum absolute atomic E-state index is 13.8. The fraction of sp³-hybridized carbons (Fsp3) is 0.167. The minimum absolute atomic E-state index is 0.0521. The highest BCUT2D eigenvalue weighted by Crippen LogP contribution is 2.20. The number of nitrogens with zero attached hydrogens (tertiary/aromatic N) is 2. The van der Waals surface area contributed by atoms with E-state index in [1.54, 1.807) is 30.3 Å². The second kappa shape index (κ2) is 7.76. The molecule has 0 radical (unpaired) electrons. The molecule has 130 valence electrons. The highest BCUT2D eigenvalue weighted by Gasteiger charge is 2.12. The largest absolute Gasteiger partial charge is 0.491 e. The Morgan fingerprint density at radius 2 is 1.56 bits per heavy atom. The second-order valence-corrected chi connectivity index (χ2v) is 5.15. The van der Waals surface area contributed by atoms with Gasteiger partial charge in [-0.2, -0.15) is 5.10 Å². The zero-order valence-electron chi connectivity index (χ0n) is 13.2. The molecular formula is C18H16F2N2O3. The molecule has 0 spiro atoms. The molecule has 5 nitrogen and oxygen atoms in total. The zero-order valence-corrected chi connectivity index (χ0v) is 13.2. The normalized spacial score (nSPS) is 10.7. The first-order chi connectivity index (χ1) is 12.2. The van der Waals surface area contributed by atoms with Crippen LogP contribution in [0.5, 0.6) is 11.5 Å². The van der Waals surface area contributed by atoms with Crippen molar-refractivity contribution in [2.45, 2.75) is 6.61 Å². The molecule has 3 aromatic rings. The first-order valence-electron chi connectivity index (χ1n) is 7.63. The van der Waals surface area contributed by atoms with Crippen LogP contribution in [0.25, 0.3) is 5.69 Å². The topological polar surface area (TPSA) is 56.5 Å². The molecule has 1 heterocycles. The minimum atomic E-state index is -0.686. The molecular weight excluding hydrogens is 330 g/mol. The molecule has 0 saturated carbocycles. The van der Waals surface area contributed by atoms with Gasteiger partial charge in [-0.05, 0) is 42.5 Å². The number of rotatable bonds is 7. The summed E-state index contributed by atoms with van der Waals surface area (Å²) < 4.78 is 39.5. The van der Waals surface area contributed by atoms with Crippen LogP contribution < -0.4 is 9.47 Å². The Morgan fingerprint density at radius 1 is 0.920 bits per heavy atom. The summed E-state index contributed by atoms with van der Waals surface area (Å²) in [5, 5.41) is 12.8. The molecule has 0 fully saturated rings. The maximum Gasteiger partial charge on any atom is 0.151 e. The van der Waals surface area contributed by atoms with Gasteiger partial charge in [-0.15, -0.1) is 0 Å². The highest BCUT2D eigenvalue weighted by molar-refractivity contribution is 5.35. The Balaban J connectivity index is 1.64. The van der Waals surface area contributed by atoms with Gasteiger partial charge in [0.25, 0.3) is 0 Å². The van der Waals surface area contributed by atoms with E-state index in [0.717, 1.165) is 4.68 Å². The van der Waals surface area contributed by atoms with Crippen LogP contribution in [0.4, 0.5) is 8.78 Å². The summed E-state index contributed by atoms with van der Waals surface area (Å²) in [6, 6.07) is 12.2. The lowest BCUT2D eigenvalue weighted by molar-refractivity contribution is 0.201. The van der Waals surface area contributed by atoms with Crippen molar-refractivity contribution in [3.8, 4) is 17.2 Å². The Morgan fingerprint density at radius 3 is 2.20 bits per heavy atom. The molecule has 0 saturated heterocycles. The third kappa shape index (κ3) is 4.13. The van der Waals surface area contributed by atoms with E-state index in [4.69, 9.17) is 14.6 Å². The molecule has 1 N–H and O–H groups in total. The van der Waals surface area contributed by atoms with Crippen LogP contribution in [0.2, 0.25) is 0 Å². The molecule has 0 amide bonds. The van der Waals surface area contributed by atoms with Crippen molar-refractivity contribution in [1.29, 1.82) is 0 Å². The van der Waals surface area contributed by atoms with E-state index < -0.39 is 11.6 Å². The first-order valence-corrected chi connectivity index (χ1v) is 7.63. The van der Waals surface area contributed by atoms with Crippen molar-refractivity contribution in [3.05, 3.63) is 72.1 Å². The summed E-state index contributed by atoms with van der Waals surface area (Å²) in [5.74, 6) is -0.147. The Labute approximate surface area is 143 Å². The van der Waals surface area contributed by atoms with Gasteiger partial charge >= 0.3 is 0 Å². The maximum atomic E-state index is 13.8. The van der Waals surface area contributed by atoms with Crippen molar-refractivity contribution in [1.82, 2.24) is 9.78 Å². The Bertz CT molecular complexity index is 814. The zero-order chi connectivity index (χ0) is 17.6. The smallest absolute Gasteiger partial charge is 0.151 e. The van der Waals surface area contributed by atoms with Gasteiger partial charge in [0, 0.05) is 6.20 Å². The van der Waals surface area contributed by atoms with Crippen LogP contribution in [0, 0.1) is 11.6 Å². The molecule has 25 heavy (non-hydrogen) atoms. The van der Waals surface area contributed by atoms with E-state index in [-0.39, 0.29) is 25.5 Å². The molecule has 0 aliphatic heterocycles. The molecule has 0 aliphatic carbocycles. The quantitative estimate of drug-likeness (QED) is 0.714. The second-order valence-electron chi connectivity index (χ2n) is 5.15. The van der Waals surface area contributed by atoms with Gasteiger partial charge < -0.3 is 14.6 Å². The third-order valence-electron chi connectivity index (χ3n) is 3.38. The number of ether oxygens (including phenoxy) is 2. The predicted octanol–water partition coefficient (Wildman–Crippen LogP) is 3.10. The molecule has 3 rings (SSSR count). The van der Waals surface area contributed by atoms with E-state index in [0.29, 0.717) is 17.2 Å². The van der Waals surface area contributed by atoms with Crippen molar-refractivity contribution in [3.63, 3.8) is 0 Å². The van der Waals surface area contributed by atoms with Gasteiger partial charge in [-0.25, -0.2) is 13.5 Å². The van der Waals surface area contributed by atoms with E-state index in [9.17, 15) is 8.78 Å². The van der Waals surface area contributed by atoms with Gasteiger partial charge in [-0.1, -0.05) is 6.07 Å². The van der Waals surface area contributed by atoms with Gasteiger partial charge in [0.05, 0.1) is 6.61 Å². The number of hydrogen-bond acceptors (Lipinski definition) is 4. The summed E-state index contributed by atoms with van der Waals surface area (Å²) in [6.45, 7) is 0.327. The standard InChI is InChI=1S/C18H16F2N2O3/c19-16-2-1-3-17(20)18(16)22-9-8-13(21-22)12-25-15-6-4-14(5-7-15)24-11-10-23/h1-9,23H,10-12H2. The molecule has 1 aromatic heterocycles. The molecule has 0 unspecified atom stereocenters. The third-order valence-corrected chi connectivity index (χ3v) is 3.38. The Hall–Kier alpha value is -2.93. The van der Waals surface area contributed by atoms with Gasteiger partial charge in [0.2, 0.25) is 0 Å². The van der Waals surface area contributed by atoms with Gasteiger partial charge in [-0.3, -0.25) is 0 Å². The van der Waals surface area contributed by atoms with Crippen molar-refractivity contribution < 1.29 is 23.4 Å². The lowest BCUT2D eigenvalue weighted by atomic mass is 10.3. The monoisotopic (exact) mass is 346 g/mol. The van der Waals surface area contributed by atoms with E-state index in [1.807, 2.05) is 0 Å². The SMILES string of the molecule is OCCOc1ccc(OCc2ccn(-c3c(F)cccc3F)n2)cc1. The first kappa shape index (κ1) is 16.9. The van der Waals surface area contributed by atoms with Crippen LogP contribution in [0.15, 0.2) is 54.7 Å². The molecule has 0 atom stereocenters. The van der Waals surface area contributed by atoms with E-state index >= 15 is 0 Å². The molecule has 2 aromatic carbocycles. The number of aliphatic hydroxyl groups is 1.